The molecule has 2 heterocycles. The second-order valence-corrected chi connectivity index (χ2v) is 6.51. The molecule has 4 atom stereocenters. The number of hydrogen-bond acceptors (Lipinski definition) is 9. The summed E-state index contributed by atoms with van der Waals surface area (Å²) in [7, 11) is 0. The summed E-state index contributed by atoms with van der Waals surface area (Å²) in [6.07, 6.45) is -3.46. The normalized spacial score (nSPS) is 24.3. The molecule has 148 valence electrons. The number of aromatic amines is 1. The Morgan fingerprint density at radius 2 is 1.70 bits per heavy atom. The zero-order valence-electron chi connectivity index (χ0n) is 14.6. The Morgan fingerprint density at radius 3 is 2.26 bits per heavy atom. The van der Waals surface area contributed by atoms with Gasteiger partial charge in [-0.05, 0) is 15.9 Å². The van der Waals surface area contributed by atoms with Crippen molar-refractivity contribution in [2.75, 3.05) is 6.61 Å². The molecule has 11 nitrogen and oxygen atoms in total. The van der Waals surface area contributed by atoms with Crippen LogP contribution < -0.4 is 11.2 Å². The highest BCUT2D eigenvalue weighted by Crippen LogP contribution is 2.33. The number of nitrogens with one attached hydrogen (secondary N) is 1. The van der Waals surface area contributed by atoms with Gasteiger partial charge < -0.3 is 18.9 Å². The molecule has 2 rings (SSSR count). The maximum absolute atomic E-state index is 12.2. The molecule has 0 bridgehead atoms. The largest absolute Gasteiger partial charge is 0.463 e. The van der Waals surface area contributed by atoms with E-state index in [1.54, 1.807) is 0 Å². The number of rotatable bonds is 5. The van der Waals surface area contributed by atoms with E-state index < -0.39 is 53.7 Å². The smallest absolute Gasteiger partial charge is 0.330 e. The number of esters is 3. The Kier molecular flexibility index (Phi) is 6.54. The minimum atomic E-state index is -1.24. The van der Waals surface area contributed by atoms with Crippen LogP contribution in [0.2, 0.25) is 0 Å². The maximum Gasteiger partial charge on any atom is 0.330 e. The lowest BCUT2D eigenvalue weighted by Crippen LogP contribution is -2.42. The van der Waals surface area contributed by atoms with Crippen LogP contribution in [0.25, 0.3) is 0 Å². The summed E-state index contributed by atoms with van der Waals surface area (Å²) in [5.41, 5.74) is -1.49. The fourth-order valence-electron chi connectivity index (χ4n) is 2.57. The molecule has 0 saturated carbocycles. The number of nitrogens with zero attached hydrogens (tertiary/aromatic N) is 1. The molecule has 1 aromatic heterocycles. The van der Waals surface area contributed by atoms with Gasteiger partial charge >= 0.3 is 23.6 Å². The number of halogens is 1. The van der Waals surface area contributed by atoms with Gasteiger partial charge in [-0.15, -0.1) is 0 Å². The van der Waals surface area contributed by atoms with Gasteiger partial charge in [0.05, 0.1) is 4.47 Å². The van der Waals surface area contributed by atoms with Crippen LogP contribution in [0.3, 0.4) is 0 Å². The van der Waals surface area contributed by atoms with E-state index in [9.17, 15) is 24.0 Å². The predicted octanol–water partition coefficient (Wildman–Crippen LogP) is -0.377. The molecule has 0 aromatic carbocycles. The minimum Gasteiger partial charge on any atom is -0.463 e. The zero-order chi connectivity index (χ0) is 20.3. The van der Waals surface area contributed by atoms with Crippen molar-refractivity contribution in [1.82, 2.24) is 9.55 Å². The Morgan fingerprint density at radius 1 is 1.11 bits per heavy atom. The van der Waals surface area contributed by atoms with Crippen LogP contribution in [0, 0.1) is 0 Å². The van der Waals surface area contributed by atoms with E-state index in [4.69, 9.17) is 18.9 Å². The van der Waals surface area contributed by atoms with Gasteiger partial charge in [0.1, 0.15) is 12.7 Å². The minimum absolute atomic E-state index is 0.0275. The first-order chi connectivity index (χ1) is 12.6. The number of ether oxygens (including phenoxy) is 4. The molecular weight excluding hydrogens is 432 g/mol. The van der Waals surface area contributed by atoms with Crippen LogP contribution in [0.4, 0.5) is 0 Å². The van der Waals surface area contributed by atoms with E-state index in [2.05, 4.69) is 20.9 Å². The average molecular weight is 449 g/mol. The van der Waals surface area contributed by atoms with Crippen molar-refractivity contribution in [3.63, 3.8) is 0 Å². The van der Waals surface area contributed by atoms with Gasteiger partial charge in [-0.25, -0.2) is 4.79 Å². The van der Waals surface area contributed by atoms with Crippen molar-refractivity contribution in [2.24, 2.45) is 0 Å². The van der Waals surface area contributed by atoms with Gasteiger partial charge in [0.2, 0.25) is 0 Å². The second kappa shape index (κ2) is 8.48. The summed E-state index contributed by atoms with van der Waals surface area (Å²) in [5, 5.41) is 0. The van der Waals surface area contributed by atoms with Crippen LogP contribution in [0.1, 0.15) is 27.0 Å². The Hall–Kier alpha value is -2.47. The SMILES string of the molecule is CC(=O)OCC1O[C@H](n2cc(Br)c(=O)[nH]c2=O)C(OC(C)=O)C1OC(C)=O. The Labute approximate surface area is 160 Å². The monoisotopic (exact) mass is 448 g/mol. The number of aromatic nitrogens is 2. The third kappa shape index (κ3) is 5.04. The maximum atomic E-state index is 12.2. The van der Waals surface area contributed by atoms with E-state index >= 15 is 0 Å². The molecule has 0 amide bonds. The van der Waals surface area contributed by atoms with Crippen LogP contribution in [-0.2, 0) is 33.3 Å². The van der Waals surface area contributed by atoms with E-state index in [0.717, 1.165) is 24.6 Å². The third-order valence-electron chi connectivity index (χ3n) is 3.54. The van der Waals surface area contributed by atoms with E-state index in [1.165, 1.54) is 6.92 Å². The van der Waals surface area contributed by atoms with Crippen molar-refractivity contribution in [3.05, 3.63) is 31.5 Å². The Balaban J connectivity index is 2.47. The summed E-state index contributed by atoms with van der Waals surface area (Å²) in [6, 6.07) is 0. The first-order valence-electron chi connectivity index (χ1n) is 7.74. The molecule has 3 unspecified atom stereocenters. The number of carbonyl (C=O) groups is 3. The van der Waals surface area contributed by atoms with Crippen LogP contribution in [0.15, 0.2) is 20.3 Å². The molecule has 1 fully saturated rings. The van der Waals surface area contributed by atoms with Crippen LogP contribution in [0.5, 0.6) is 0 Å². The Bertz CT molecular complexity index is 862. The lowest BCUT2D eigenvalue weighted by molar-refractivity contribution is -0.166. The molecule has 1 N–H and O–H groups in total. The summed E-state index contributed by atoms with van der Waals surface area (Å²) in [6.45, 7) is 3.15. The fourth-order valence-corrected chi connectivity index (χ4v) is 2.89. The molecule has 0 aliphatic carbocycles. The predicted molar refractivity (Wildman–Crippen MR) is 90.7 cm³/mol. The van der Waals surface area contributed by atoms with Gasteiger partial charge in [-0.3, -0.25) is 28.7 Å². The molecular formula is C15H17BrN2O9. The summed E-state index contributed by atoms with van der Waals surface area (Å²) >= 11 is 3.00. The van der Waals surface area contributed by atoms with Crippen molar-refractivity contribution in [1.29, 1.82) is 0 Å². The van der Waals surface area contributed by atoms with Crippen molar-refractivity contribution in [2.45, 2.75) is 45.3 Å². The topological polar surface area (TPSA) is 143 Å². The highest BCUT2D eigenvalue weighted by molar-refractivity contribution is 9.10. The molecule has 0 radical (unpaired) electrons. The first kappa shape index (κ1) is 20.8. The number of hydrogen-bond donors (Lipinski definition) is 1. The van der Waals surface area contributed by atoms with Crippen molar-refractivity contribution < 1.29 is 33.3 Å². The van der Waals surface area contributed by atoms with E-state index in [-0.39, 0.29) is 11.1 Å². The lowest BCUT2D eigenvalue weighted by Gasteiger charge is -2.23. The average Bonchev–Trinajstić information content (AvgIpc) is 2.85. The highest BCUT2D eigenvalue weighted by atomic mass is 79.9. The standard InChI is InChI=1S/C15H17BrN2O9/c1-6(19)24-5-10-11(25-7(2)20)12(26-8(3)21)14(27-10)18-4-9(16)13(22)17-15(18)23/h4,10-12,14H,5H2,1-3H3,(H,17,22,23)/t10?,11?,12?,14-/m0/s1. The molecule has 1 saturated heterocycles. The van der Waals surface area contributed by atoms with Crippen molar-refractivity contribution >= 4 is 33.8 Å². The van der Waals surface area contributed by atoms with Gasteiger partial charge in [0, 0.05) is 27.0 Å². The first-order valence-corrected chi connectivity index (χ1v) is 8.53. The van der Waals surface area contributed by atoms with E-state index in [0.29, 0.717) is 0 Å². The molecule has 1 aliphatic heterocycles. The molecule has 12 heteroatoms. The summed E-state index contributed by atoms with van der Waals surface area (Å²) in [4.78, 5) is 59.9. The van der Waals surface area contributed by atoms with Crippen LogP contribution in [-0.4, -0.2) is 52.4 Å². The fraction of sp³-hybridized carbons (Fsp3) is 0.533. The summed E-state index contributed by atoms with van der Waals surface area (Å²) < 4.78 is 22.0. The van der Waals surface area contributed by atoms with Gasteiger partial charge in [-0.1, -0.05) is 0 Å². The molecule has 1 aromatic rings. The van der Waals surface area contributed by atoms with Crippen molar-refractivity contribution in [3.8, 4) is 0 Å². The quantitative estimate of drug-likeness (QED) is 0.470. The molecule has 0 spiro atoms. The van der Waals surface area contributed by atoms with Gasteiger partial charge in [0.15, 0.2) is 18.4 Å². The van der Waals surface area contributed by atoms with Gasteiger partial charge in [-0.2, -0.15) is 0 Å². The zero-order valence-corrected chi connectivity index (χ0v) is 16.2. The second-order valence-electron chi connectivity index (χ2n) is 5.66. The number of carbonyl (C=O) groups excluding carboxylic acids is 3. The molecule has 27 heavy (non-hydrogen) atoms. The lowest BCUT2D eigenvalue weighted by atomic mass is 10.1. The highest BCUT2D eigenvalue weighted by Gasteiger charge is 2.51. The molecule has 1 aliphatic rings. The van der Waals surface area contributed by atoms with E-state index in [1.807, 2.05) is 0 Å². The third-order valence-corrected chi connectivity index (χ3v) is 4.10. The van der Waals surface area contributed by atoms with Crippen LogP contribution >= 0.6 is 15.9 Å². The number of H-pyrrole nitrogens is 1. The summed E-state index contributed by atoms with van der Waals surface area (Å²) in [5.74, 6) is -2.00. The van der Waals surface area contributed by atoms with Gasteiger partial charge in [0.25, 0.3) is 5.56 Å².